The Balaban J connectivity index is 2.05. The van der Waals surface area contributed by atoms with E-state index in [1.165, 1.54) is 17.4 Å². The van der Waals surface area contributed by atoms with Crippen molar-refractivity contribution in [1.82, 2.24) is 5.32 Å². The van der Waals surface area contributed by atoms with E-state index in [9.17, 15) is 15.0 Å². The van der Waals surface area contributed by atoms with Crippen LogP contribution in [-0.2, 0) is 5.60 Å². The molecule has 0 aliphatic rings. The van der Waals surface area contributed by atoms with Gasteiger partial charge in [-0.05, 0) is 60.0 Å². The van der Waals surface area contributed by atoms with Crippen molar-refractivity contribution in [2.45, 2.75) is 19.4 Å². The molecular weight excluding hydrogens is 274 g/mol. The van der Waals surface area contributed by atoms with Gasteiger partial charge in [0, 0.05) is 5.56 Å². The highest BCUT2D eigenvalue weighted by atomic mass is 32.1. The molecule has 0 aliphatic heterocycles. The molecule has 0 spiro atoms. The molecule has 1 atom stereocenters. The topological polar surface area (TPSA) is 69.6 Å². The van der Waals surface area contributed by atoms with Gasteiger partial charge >= 0.3 is 0 Å². The van der Waals surface area contributed by atoms with Crippen LogP contribution in [0.3, 0.4) is 0 Å². The summed E-state index contributed by atoms with van der Waals surface area (Å²) in [5.41, 5.74) is 0.847. The number of aliphatic hydroxyl groups is 1. The second-order valence-electron chi connectivity index (χ2n) is 5.03. The average molecular weight is 291 g/mol. The van der Waals surface area contributed by atoms with Crippen LogP contribution < -0.4 is 5.32 Å². The third kappa shape index (κ3) is 3.37. The van der Waals surface area contributed by atoms with E-state index in [2.05, 4.69) is 5.32 Å². The number of benzene rings is 1. The molecule has 2 aromatic rings. The number of nitrogens with one attached hydrogen (secondary N) is 1. The van der Waals surface area contributed by atoms with Crippen molar-refractivity contribution in [3.63, 3.8) is 0 Å². The summed E-state index contributed by atoms with van der Waals surface area (Å²) < 4.78 is 0. The van der Waals surface area contributed by atoms with Crippen LogP contribution in [-0.4, -0.2) is 22.7 Å². The molecule has 1 unspecified atom stereocenters. The third-order valence-electron chi connectivity index (χ3n) is 3.06. The van der Waals surface area contributed by atoms with Gasteiger partial charge in [0.2, 0.25) is 0 Å². The van der Waals surface area contributed by atoms with Gasteiger partial charge in [0.25, 0.3) is 5.91 Å². The van der Waals surface area contributed by atoms with Gasteiger partial charge in [0.05, 0.1) is 6.54 Å². The highest BCUT2D eigenvalue weighted by molar-refractivity contribution is 7.08. The standard InChI is InChI=1S/C15H17NO3S/c1-10-5-11(7-13(17)6-10)14(18)16-9-15(2,19)12-3-4-20-8-12/h3-8,17,19H,9H2,1-2H3,(H,16,18). The highest BCUT2D eigenvalue weighted by Gasteiger charge is 2.24. The molecule has 0 saturated carbocycles. The second-order valence-corrected chi connectivity index (χ2v) is 5.81. The molecule has 0 fully saturated rings. The zero-order chi connectivity index (χ0) is 14.8. The predicted molar refractivity (Wildman–Crippen MR) is 79.1 cm³/mol. The maximum Gasteiger partial charge on any atom is 0.251 e. The Morgan fingerprint density at radius 3 is 2.75 bits per heavy atom. The van der Waals surface area contributed by atoms with Gasteiger partial charge in [-0.2, -0.15) is 11.3 Å². The first-order valence-electron chi connectivity index (χ1n) is 6.22. The van der Waals surface area contributed by atoms with Gasteiger partial charge in [-0.3, -0.25) is 4.79 Å². The molecule has 0 aliphatic carbocycles. The molecule has 5 heteroatoms. The van der Waals surface area contributed by atoms with E-state index < -0.39 is 5.60 Å². The van der Waals surface area contributed by atoms with E-state index in [0.29, 0.717) is 5.56 Å². The third-order valence-corrected chi connectivity index (χ3v) is 3.74. The summed E-state index contributed by atoms with van der Waals surface area (Å²) >= 11 is 1.50. The normalized spacial score (nSPS) is 13.8. The van der Waals surface area contributed by atoms with Crippen LogP contribution in [0.25, 0.3) is 0 Å². The molecule has 2 rings (SSSR count). The molecule has 1 heterocycles. The number of phenols is 1. The van der Waals surface area contributed by atoms with Crippen LogP contribution in [0.2, 0.25) is 0 Å². The van der Waals surface area contributed by atoms with Gasteiger partial charge in [-0.25, -0.2) is 0 Å². The van der Waals surface area contributed by atoms with Gasteiger partial charge in [-0.1, -0.05) is 0 Å². The molecule has 0 saturated heterocycles. The number of hydrogen-bond donors (Lipinski definition) is 3. The minimum atomic E-state index is -1.11. The van der Waals surface area contributed by atoms with Crippen molar-refractivity contribution >= 4 is 17.2 Å². The summed E-state index contributed by atoms with van der Waals surface area (Å²) in [7, 11) is 0. The van der Waals surface area contributed by atoms with Gasteiger partial charge in [-0.15, -0.1) is 0 Å². The molecular formula is C15H17NO3S. The quantitative estimate of drug-likeness (QED) is 0.810. The monoisotopic (exact) mass is 291 g/mol. The predicted octanol–water partition coefficient (Wildman–Crippen LogP) is 2.40. The first-order valence-corrected chi connectivity index (χ1v) is 7.17. The lowest BCUT2D eigenvalue weighted by atomic mass is 9.99. The fraction of sp³-hybridized carbons (Fsp3) is 0.267. The summed E-state index contributed by atoms with van der Waals surface area (Å²) in [4.78, 5) is 12.0. The molecule has 4 nitrogen and oxygen atoms in total. The van der Waals surface area contributed by atoms with Crippen LogP contribution in [0.5, 0.6) is 5.75 Å². The first kappa shape index (κ1) is 14.6. The summed E-state index contributed by atoms with van der Waals surface area (Å²) in [6, 6.07) is 6.50. The highest BCUT2D eigenvalue weighted by Crippen LogP contribution is 2.22. The molecule has 1 aromatic carbocycles. The lowest BCUT2D eigenvalue weighted by Crippen LogP contribution is -2.38. The first-order chi connectivity index (χ1) is 9.38. The number of aryl methyl sites for hydroxylation is 1. The lowest BCUT2D eigenvalue weighted by molar-refractivity contribution is 0.0530. The zero-order valence-corrected chi connectivity index (χ0v) is 12.2. The number of hydrogen-bond acceptors (Lipinski definition) is 4. The minimum Gasteiger partial charge on any atom is -0.508 e. The molecule has 20 heavy (non-hydrogen) atoms. The smallest absolute Gasteiger partial charge is 0.251 e. The molecule has 0 radical (unpaired) electrons. The molecule has 1 amide bonds. The van der Waals surface area contributed by atoms with Crippen molar-refractivity contribution < 1.29 is 15.0 Å². The number of carbonyl (C=O) groups excluding carboxylic acids is 1. The number of phenolic OH excluding ortho intramolecular Hbond substituents is 1. The fourth-order valence-electron chi connectivity index (χ4n) is 1.92. The van der Waals surface area contributed by atoms with E-state index in [-0.39, 0.29) is 18.2 Å². The summed E-state index contributed by atoms with van der Waals surface area (Å²) in [5.74, 6) is -0.265. The lowest BCUT2D eigenvalue weighted by Gasteiger charge is -2.22. The van der Waals surface area contributed by atoms with Gasteiger partial charge in [0.15, 0.2) is 0 Å². The Bertz CT molecular complexity index is 585. The van der Waals surface area contributed by atoms with Crippen LogP contribution >= 0.6 is 11.3 Å². The second kappa shape index (κ2) is 5.64. The largest absolute Gasteiger partial charge is 0.508 e. The van der Waals surface area contributed by atoms with E-state index >= 15 is 0 Å². The Labute approximate surface area is 121 Å². The number of rotatable bonds is 4. The fourth-order valence-corrected chi connectivity index (χ4v) is 2.70. The van der Waals surface area contributed by atoms with Crippen molar-refractivity contribution in [3.8, 4) is 5.75 Å². The number of thiophene rings is 1. The Hall–Kier alpha value is -1.85. The van der Waals surface area contributed by atoms with E-state index in [1.807, 2.05) is 16.8 Å². The summed E-state index contributed by atoms with van der Waals surface area (Å²) in [6.45, 7) is 3.57. The van der Waals surface area contributed by atoms with E-state index in [0.717, 1.165) is 11.1 Å². The summed E-state index contributed by atoms with van der Waals surface area (Å²) in [6.07, 6.45) is 0. The van der Waals surface area contributed by atoms with Crippen LogP contribution in [0.1, 0.15) is 28.4 Å². The van der Waals surface area contributed by atoms with Crippen molar-refractivity contribution in [1.29, 1.82) is 0 Å². The van der Waals surface area contributed by atoms with Crippen molar-refractivity contribution in [2.24, 2.45) is 0 Å². The van der Waals surface area contributed by atoms with Crippen molar-refractivity contribution in [3.05, 3.63) is 51.7 Å². The van der Waals surface area contributed by atoms with Crippen LogP contribution in [0.4, 0.5) is 0 Å². The summed E-state index contributed by atoms with van der Waals surface area (Å²) in [5, 5.41) is 26.2. The maximum absolute atomic E-state index is 12.0. The molecule has 106 valence electrons. The zero-order valence-electron chi connectivity index (χ0n) is 11.4. The van der Waals surface area contributed by atoms with E-state index in [1.54, 1.807) is 26.0 Å². The Kier molecular flexibility index (Phi) is 4.11. The van der Waals surface area contributed by atoms with Crippen LogP contribution in [0, 0.1) is 6.92 Å². The Morgan fingerprint density at radius 1 is 1.40 bits per heavy atom. The van der Waals surface area contributed by atoms with Crippen LogP contribution in [0.15, 0.2) is 35.0 Å². The minimum absolute atomic E-state index is 0.0553. The van der Waals surface area contributed by atoms with Crippen molar-refractivity contribution in [2.75, 3.05) is 6.54 Å². The molecule has 3 N–H and O–H groups in total. The van der Waals surface area contributed by atoms with Gasteiger partial charge < -0.3 is 15.5 Å². The molecule has 0 bridgehead atoms. The van der Waals surface area contributed by atoms with E-state index in [4.69, 9.17) is 0 Å². The number of aromatic hydroxyl groups is 1. The SMILES string of the molecule is Cc1cc(O)cc(C(=O)NCC(C)(O)c2ccsc2)c1. The average Bonchev–Trinajstić information content (AvgIpc) is 2.89. The maximum atomic E-state index is 12.0. The molecule has 1 aromatic heterocycles. The Morgan fingerprint density at radius 2 is 2.15 bits per heavy atom. The number of amides is 1. The number of carbonyl (C=O) groups is 1. The van der Waals surface area contributed by atoms with Gasteiger partial charge in [0.1, 0.15) is 11.4 Å².